The van der Waals surface area contributed by atoms with Crippen molar-refractivity contribution in [2.75, 3.05) is 40.5 Å². The molecule has 0 bridgehead atoms. The summed E-state index contributed by atoms with van der Waals surface area (Å²) >= 11 is 0. The summed E-state index contributed by atoms with van der Waals surface area (Å²) in [5.41, 5.74) is 6.59. The number of carbonyl (C=O) groups excluding carboxylic acids is 1. The van der Waals surface area contributed by atoms with E-state index < -0.39 is 6.10 Å². The van der Waals surface area contributed by atoms with Crippen LogP contribution in [0.3, 0.4) is 0 Å². The average molecular weight is 522 g/mol. The Kier molecular flexibility index (Phi) is 10.9. The van der Waals surface area contributed by atoms with E-state index in [1.54, 1.807) is 44.2 Å². The Morgan fingerprint density at radius 2 is 1.86 bits per heavy atom. The Balaban J connectivity index is 0.00000420. The quantitative estimate of drug-likeness (QED) is 0.284. The second kappa shape index (κ2) is 12.6. The number of nitrogens with zero attached hydrogens (tertiary/aromatic N) is 2. The molecule has 1 heterocycles. The number of hydrogen-bond acceptors (Lipinski definition) is 6. The first-order chi connectivity index (χ1) is 13.5. The molecule has 1 aliphatic heterocycles. The van der Waals surface area contributed by atoms with Crippen molar-refractivity contribution in [2.24, 2.45) is 10.7 Å². The molecule has 0 spiro atoms. The van der Waals surface area contributed by atoms with Gasteiger partial charge < -0.3 is 35.3 Å². The summed E-state index contributed by atoms with van der Waals surface area (Å²) < 4.78 is 15.4. The van der Waals surface area contributed by atoms with E-state index in [4.69, 9.17) is 19.9 Å². The van der Waals surface area contributed by atoms with Crippen molar-refractivity contribution in [2.45, 2.75) is 31.9 Å². The van der Waals surface area contributed by atoms with Gasteiger partial charge in [0.25, 0.3) is 0 Å². The number of hydrogen-bond donors (Lipinski definition) is 3. The number of aliphatic hydroxyl groups is 1. The van der Waals surface area contributed by atoms with Gasteiger partial charge in [0, 0.05) is 25.2 Å². The van der Waals surface area contributed by atoms with Gasteiger partial charge in [0.1, 0.15) is 11.5 Å². The molecule has 29 heavy (non-hydrogen) atoms. The predicted octanol–water partition coefficient (Wildman–Crippen LogP) is 1.88. The predicted molar refractivity (Wildman–Crippen MR) is 121 cm³/mol. The van der Waals surface area contributed by atoms with Crippen molar-refractivity contribution in [3.63, 3.8) is 0 Å². The maximum Gasteiger partial charge on any atom is 0.409 e. The highest BCUT2D eigenvalue weighted by molar-refractivity contribution is 14.0. The monoisotopic (exact) mass is 522 g/mol. The number of aliphatic imine (C=N–C) groups is 1. The molecule has 0 aromatic heterocycles. The van der Waals surface area contributed by atoms with Gasteiger partial charge >= 0.3 is 6.09 Å². The van der Waals surface area contributed by atoms with E-state index in [1.165, 1.54) is 0 Å². The van der Waals surface area contributed by atoms with Crippen LogP contribution in [0.5, 0.6) is 11.5 Å². The van der Waals surface area contributed by atoms with Gasteiger partial charge in [-0.1, -0.05) is 0 Å². The molecule has 10 heteroatoms. The zero-order chi connectivity index (χ0) is 20.5. The molecule has 1 aromatic carbocycles. The van der Waals surface area contributed by atoms with Gasteiger partial charge in [0.2, 0.25) is 0 Å². The summed E-state index contributed by atoms with van der Waals surface area (Å²) in [6.45, 7) is 3.49. The summed E-state index contributed by atoms with van der Waals surface area (Å²) in [5, 5.41) is 13.6. The van der Waals surface area contributed by atoms with Crippen LogP contribution in [-0.2, 0) is 4.74 Å². The standard InChI is InChI=1S/C19H30N4O5.HI/c1-4-28-19(25)23-7-5-14(6-8-23)22-18(20)21-12-17(24)13-9-15(26-2)11-16(10-13)27-3;/h9-11,14,17,24H,4-8,12H2,1-3H3,(H3,20,21,22);1H. The minimum Gasteiger partial charge on any atom is -0.497 e. The minimum absolute atomic E-state index is 0. The van der Waals surface area contributed by atoms with Gasteiger partial charge in [-0.2, -0.15) is 0 Å². The molecule has 0 aliphatic carbocycles. The Hall–Kier alpha value is -1.95. The van der Waals surface area contributed by atoms with E-state index in [9.17, 15) is 9.90 Å². The summed E-state index contributed by atoms with van der Waals surface area (Å²) in [5.74, 6) is 1.46. The molecule has 4 N–H and O–H groups in total. The molecule has 0 saturated carbocycles. The molecular formula is C19H31IN4O5. The normalized spacial score (nSPS) is 15.9. The summed E-state index contributed by atoms with van der Waals surface area (Å²) in [6, 6.07) is 5.33. The third kappa shape index (κ3) is 7.77. The SMILES string of the molecule is CCOC(=O)N1CCC(NC(N)=NCC(O)c2cc(OC)cc(OC)c2)CC1.I. The Morgan fingerprint density at radius 3 is 2.38 bits per heavy atom. The number of rotatable bonds is 7. The average Bonchev–Trinajstić information content (AvgIpc) is 2.72. The molecule has 1 amide bonds. The van der Waals surface area contributed by atoms with E-state index in [2.05, 4.69) is 10.3 Å². The van der Waals surface area contributed by atoms with Crippen LogP contribution < -0.4 is 20.5 Å². The fourth-order valence-corrected chi connectivity index (χ4v) is 2.99. The number of likely N-dealkylation sites (tertiary alicyclic amines) is 1. The van der Waals surface area contributed by atoms with Crippen molar-refractivity contribution >= 4 is 36.0 Å². The molecule has 1 atom stereocenters. The Labute approximate surface area is 188 Å². The zero-order valence-corrected chi connectivity index (χ0v) is 19.4. The molecule has 1 saturated heterocycles. The lowest BCUT2D eigenvalue weighted by Gasteiger charge is -2.31. The lowest BCUT2D eigenvalue weighted by atomic mass is 10.1. The molecular weight excluding hydrogens is 491 g/mol. The number of benzene rings is 1. The number of methoxy groups -OCH3 is 2. The molecule has 1 aliphatic rings. The van der Waals surface area contributed by atoms with Crippen LogP contribution in [0.15, 0.2) is 23.2 Å². The third-order valence-corrected chi connectivity index (χ3v) is 4.57. The number of aliphatic hydroxyl groups excluding tert-OH is 1. The van der Waals surface area contributed by atoms with E-state index >= 15 is 0 Å². The molecule has 1 fully saturated rings. The maximum atomic E-state index is 11.7. The lowest BCUT2D eigenvalue weighted by Crippen LogP contribution is -2.48. The van der Waals surface area contributed by atoms with E-state index in [-0.39, 0.29) is 48.6 Å². The van der Waals surface area contributed by atoms with E-state index in [0.717, 1.165) is 12.8 Å². The van der Waals surface area contributed by atoms with Crippen molar-refractivity contribution in [1.29, 1.82) is 0 Å². The number of ether oxygens (including phenoxy) is 3. The minimum atomic E-state index is -0.838. The molecule has 1 aromatic rings. The maximum absolute atomic E-state index is 11.7. The molecule has 1 unspecified atom stereocenters. The highest BCUT2D eigenvalue weighted by Gasteiger charge is 2.23. The smallest absolute Gasteiger partial charge is 0.409 e. The molecule has 2 rings (SSSR count). The van der Waals surface area contributed by atoms with Gasteiger partial charge in [-0.15, -0.1) is 24.0 Å². The van der Waals surface area contributed by atoms with Gasteiger partial charge in [-0.3, -0.25) is 4.99 Å². The number of guanidine groups is 1. The van der Waals surface area contributed by atoms with Gasteiger partial charge in [-0.05, 0) is 37.5 Å². The van der Waals surface area contributed by atoms with Crippen LogP contribution in [0, 0.1) is 0 Å². The highest BCUT2D eigenvalue weighted by Crippen LogP contribution is 2.26. The fraction of sp³-hybridized carbons (Fsp3) is 0.579. The van der Waals surface area contributed by atoms with Crippen LogP contribution >= 0.6 is 24.0 Å². The fourth-order valence-electron chi connectivity index (χ4n) is 2.99. The number of nitrogens with two attached hydrogens (primary N) is 1. The lowest BCUT2D eigenvalue weighted by molar-refractivity contribution is 0.0963. The van der Waals surface area contributed by atoms with Crippen LogP contribution in [0.1, 0.15) is 31.4 Å². The van der Waals surface area contributed by atoms with Gasteiger partial charge in [0.05, 0.1) is 33.5 Å². The largest absolute Gasteiger partial charge is 0.497 e. The van der Waals surface area contributed by atoms with Gasteiger partial charge in [0.15, 0.2) is 5.96 Å². The first-order valence-electron chi connectivity index (χ1n) is 9.36. The first-order valence-corrected chi connectivity index (χ1v) is 9.36. The second-order valence-corrected chi connectivity index (χ2v) is 6.49. The number of carbonyl (C=O) groups is 1. The summed E-state index contributed by atoms with van der Waals surface area (Å²) in [6.07, 6.45) is 0.393. The summed E-state index contributed by atoms with van der Waals surface area (Å²) in [7, 11) is 3.11. The van der Waals surface area contributed by atoms with Crippen LogP contribution in [0.2, 0.25) is 0 Å². The van der Waals surface area contributed by atoms with Crippen molar-refractivity contribution in [3.8, 4) is 11.5 Å². The number of nitrogens with one attached hydrogen (secondary N) is 1. The van der Waals surface area contributed by atoms with Crippen LogP contribution in [0.25, 0.3) is 0 Å². The number of piperidine rings is 1. The molecule has 9 nitrogen and oxygen atoms in total. The molecule has 0 radical (unpaired) electrons. The van der Waals surface area contributed by atoms with Gasteiger partial charge in [-0.25, -0.2) is 4.79 Å². The molecule has 164 valence electrons. The first kappa shape index (κ1) is 25.1. The van der Waals surface area contributed by atoms with Crippen LogP contribution in [0.4, 0.5) is 4.79 Å². The van der Waals surface area contributed by atoms with E-state index in [1.807, 2.05) is 0 Å². The van der Waals surface area contributed by atoms with Crippen molar-refractivity contribution in [1.82, 2.24) is 10.2 Å². The topological polar surface area (TPSA) is 119 Å². The van der Waals surface area contributed by atoms with Crippen LogP contribution in [-0.4, -0.2) is 68.6 Å². The van der Waals surface area contributed by atoms with E-state index in [0.29, 0.717) is 36.8 Å². The zero-order valence-electron chi connectivity index (χ0n) is 17.1. The Bertz CT molecular complexity index is 658. The third-order valence-electron chi connectivity index (χ3n) is 4.57. The Morgan fingerprint density at radius 1 is 1.28 bits per heavy atom. The number of amides is 1. The van der Waals surface area contributed by atoms with Crippen molar-refractivity contribution in [3.05, 3.63) is 23.8 Å². The highest BCUT2D eigenvalue weighted by atomic mass is 127. The van der Waals surface area contributed by atoms with Crippen molar-refractivity contribution < 1.29 is 24.1 Å². The summed E-state index contributed by atoms with van der Waals surface area (Å²) in [4.78, 5) is 17.6. The second-order valence-electron chi connectivity index (χ2n) is 6.49. The number of halogens is 1.